The number of carboxylic acids is 1. The van der Waals surface area contributed by atoms with Crippen LogP contribution in [0.25, 0.3) is 11.1 Å². The van der Waals surface area contributed by atoms with Gasteiger partial charge in [0, 0.05) is 17.1 Å². The molecule has 0 unspecified atom stereocenters. The average Bonchev–Trinajstić information content (AvgIpc) is 2.88. The van der Waals surface area contributed by atoms with E-state index in [0.29, 0.717) is 0 Å². The minimum Gasteiger partial charge on any atom is -0.477 e. The molecule has 0 spiro atoms. The van der Waals surface area contributed by atoms with E-state index in [1.54, 1.807) is 5.41 Å². The van der Waals surface area contributed by atoms with Crippen LogP contribution in [-0.2, 0) is 9.63 Å². The highest BCUT2D eigenvalue weighted by molar-refractivity contribution is 8.02. The molecule has 2 N–H and O–H groups in total. The number of thioether (sulfide) groups is 1. The Labute approximate surface area is 139 Å². The molecule has 0 saturated heterocycles. The van der Waals surface area contributed by atoms with Crippen molar-refractivity contribution in [1.82, 2.24) is 5.48 Å². The summed E-state index contributed by atoms with van der Waals surface area (Å²) in [4.78, 5) is 15.8. The number of benzene rings is 2. The Bertz CT molecular complexity index is 712. The second-order valence-electron chi connectivity index (χ2n) is 5.20. The molecular formula is C18H17NO3S. The van der Waals surface area contributed by atoms with Crippen molar-refractivity contribution < 1.29 is 14.7 Å². The van der Waals surface area contributed by atoms with Crippen LogP contribution in [0, 0.1) is 0 Å². The SMILES string of the molecule is CON/C(=C\SCC1c2ccccc2-c2ccccc21)C(=O)O. The van der Waals surface area contributed by atoms with Gasteiger partial charge in [0.1, 0.15) is 0 Å². The van der Waals surface area contributed by atoms with E-state index in [2.05, 4.69) is 46.7 Å². The van der Waals surface area contributed by atoms with Gasteiger partial charge < -0.3 is 5.11 Å². The number of rotatable bonds is 6. The van der Waals surface area contributed by atoms with Crippen molar-refractivity contribution in [3.63, 3.8) is 0 Å². The molecule has 0 radical (unpaired) electrons. The van der Waals surface area contributed by atoms with E-state index in [9.17, 15) is 4.79 Å². The van der Waals surface area contributed by atoms with Crippen LogP contribution in [-0.4, -0.2) is 23.9 Å². The van der Waals surface area contributed by atoms with Gasteiger partial charge in [0.2, 0.25) is 0 Å². The Kier molecular flexibility index (Phi) is 4.69. The zero-order valence-electron chi connectivity index (χ0n) is 12.7. The summed E-state index contributed by atoms with van der Waals surface area (Å²) in [6, 6.07) is 16.8. The van der Waals surface area contributed by atoms with E-state index in [1.807, 2.05) is 12.1 Å². The monoisotopic (exact) mass is 327 g/mol. The van der Waals surface area contributed by atoms with Crippen molar-refractivity contribution in [2.75, 3.05) is 12.9 Å². The van der Waals surface area contributed by atoms with Gasteiger partial charge in [-0.05, 0) is 22.3 Å². The molecule has 23 heavy (non-hydrogen) atoms. The van der Waals surface area contributed by atoms with E-state index < -0.39 is 5.97 Å². The minimum absolute atomic E-state index is 0.0390. The van der Waals surface area contributed by atoms with E-state index in [1.165, 1.54) is 41.1 Å². The Morgan fingerprint density at radius 2 is 1.74 bits per heavy atom. The van der Waals surface area contributed by atoms with Crippen LogP contribution in [0.2, 0.25) is 0 Å². The molecule has 2 aromatic carbocycles. The summed E-state index contributed by atoms with van der Waals surface area (Å²) in [6.45, 7) is 0. The lowest BCUT2D eigenvalue weighted by atomic mass is 9.99. The van der Waals surface area contributed by atoms with Gasteiger partial charge in [-0.1, -0.05) is 48.5 Å². The number of nitrogens with one attached hydrogen (secondary N) is 1. The maximum atomic E-state index is 11.1. The first-order valence-corrected chi connectivity index (χ1v) is 8.29. The third-order valence-electron chi connectivity index (χ3n) is 3.87. The van der Waals surface area contributed by atoms with Crippen molar-refractivity contribution in [3.05, 3.63) is 70.8 Å². The summed E-state index contributed by atoms with van der Waals surface area (Å²) >= 11 is 1.47. The van der Waals surface area contributed by atoms with Crippen LogP contribution in [0.5, 0.6) is 0 Å². The molecule has 0 bridgehead atoms. The highest BCUT2D eigenvalue weighted by Crippen LogP contribution is 2.45. The summed E-state index contributed by atoms with van der Waals surface area (Å²) in [5.41, 5.74) is 7.56. The first kappa shape index (κ1) is 15.6. The number of carboxylic acid groups (broad SMARTS) is 1. The van der Waals surface area contributed by atoms with Gasteiger partial charge in [0.15, 0.2) is 5.70 Å². The molecule has 118 valence electrons. The van der Waals surface area contributed by atoms with Gasteiger partial charge >= 0.3 is 5.97 Å². The normalized spacial score (nSPS) is 13.5. The van der Waals surface area contributed by atoms with Gasteiger partial charge in [0.05, 0.1) is 7.11 Å². The molecule has 2 aromatic rings. The Morgan fingerprint density at radius 1 is 1.17 bits per heavy atom. The van der Waals surface area contributed by atoms with Crippen LogP contribution < -0.4 is 5.48 Å². The Hall–Kier alpha value is -2.24. The molecule has 0 heterocycles. The molecule has 0 aliphatic heterocycles. The highest BCUT2D eigenvalue weighted by atomic mass is 32.2. The fourth-order valence-corrected chi connectivity index (χ4v) is 3.86. The molecule has 0 atom stereocenters. The smallest absolute Gasteiger partial charge is 0.354 e. The van der Waals surface area contributed by atoms with E-state index in [4.69, 9.17) is 5.11 Å². The van der Waals surface area contributed by atoms with Crippen molar-refractivity contribution in [2.45, 2.75) is 5.92 Å². The highest BCUT2D eigenvalue weighted by Gasteiger charge is 2.27. The fraction of sp³-hybridized carbons (Fsp3) is 0.167. The van der Waals surface area contributed by atoms with Crippen molar-refractivity contribution in [2.24, 2.45) is 0 Å². The van der Waals surface area contributed by atoms with Crippen molar-refractivity contribution in [3.8, 4) is 11.1 Å². The molecule has 0 aromatic heterocycles. The molecule has 1 aliphatic rings. The number of fused-ring (bicyclic) bond motifs is 3. The Balaban J connectivity index is 1.83. The summed E-state index contributed by atoms with van der Waals surface area (Å²) < 4.78 is 0. The molecule has 4 nitrogen and oxygen atoms in total. The van der Waals surface area contributed by atoms with E-state index in [0.717, 1.165) is 5.75 Å². The zero-order chi connectivity index (χ0) is 16.2. The molecule has 0 amide bonds. The van der Waals surface area contributed by atoms with Gasteiger partial charge in [-0.25, -0.2) is 4.79 Å². The largest absolute Gasteiger partial charge is 0.477 e. The number of hydrogen-bond acceptors (Lipinski definition) is 4. The summed E-state index contributed by atoms with van der Waals surface area (Å²) in [5.74, 6) is 0.00346. The van der Waals surface area contributed by atoms with Gasteiger partial charge in [-0.3, -0.25) is 10.3 Å². The fourth-order valence-electron chi connectivity index (χ4n) is 2.90. The summed E-state index contributed by atoms with van der Waals surface area (Å²) in [7, 11) is 1.39. The molecule has 0 saturated carbocycles. The van der Waals surface area contributed by atoms with Gasteiger partial charge in [-0.15, -0.1) is 11.8 Å². The topological polar surface area (TPSA) is 58.6 Å². The third-order valence-corrected chi connectivity index (χ3v) is 4.80. The number of hydroxylamine groups is 1. The van der Waals surface area contributed by atoms with E-state index in [-0.39, 0.29) is 11.6 Å². The maximum Gasteiger partial charge on any atom is 0.354 e. The van der Waals surface area contributed by atoms with Crippen LogP contribution in [0.4, 0.5) is 0 Å². The predicted molar refractivity (Wildman–Crippen MR) is 92.0 cm³/mol. The lowest BCUT2D eigenvalue weighted by Crippen LogP contribution is -2.18. The molecule has 5 heteroatoms. The number of hydrogen-bond donors (Lipinski definition) is 2. The first-order valence-electron chi connectivity index (χ1n) is 7.24. The Morgan fingerprint density at radius 3 is 2.26 bits per heavy atom. The first-order chi connectivity index (χ1) is 11.2. The second kappa shape index (κ2) is 6.89. The molecule has 0 fully saturated rings. The number of aliphatic carboxylic acids is 1. The average molecular weight is 327 g/mol. The van der Waals surface area contributed by atoms with E-state index >= 15 is 0 Å². The van der Waals surface area contributed by atoms with Crippen LogP contribution in [0.3, 0.4) is 0 Å². The maximum absolute atomic E-state index is 11.1. The zero-order valence-corrected chi connectivity index (χ0v) is 13.5. The summed E-state index contributed by atoms with van der Waals surface area (Å²) in [6.07, 6.45) is 0. The predicted octanol–water partition coefficient (Wildman–Crippen LogP) is 3.61. The van der Waals surface area contributed by atoms with Crippen LogP contribution in [0.1, 0.15) is 17.0 Å². The molecular weight excluding hydrogens is 310 g/mol. The lowest BCUT2D eigenvalue weighted by molar-refractivity contribution is -0.134. The van der Waals surface area contributed by atoms with Crippen molar-refractivity contribution in [1.29, 1.82) is 0 Å². The van der Waals surface area contributed by atoms with Crippen molar-refractivity contribution >= 4 is 17.7 Å². The minimum atomic E-state index is -1.04. The summed E-state index contributed by atoms with van der Waals surface area (Å²) in [5, 5.41) is 10.7. The number of carbonyl (C=O) groups is 1. The van der Waals surface area contributed by atoms with Crippen LogP contribution in [0.15, 0.2) is 59.6 Å². The second-order valence-corrected chi connectivity index (χ2v) is 6.11. The van der Waals surface area contributed by atoms with Gasteiger partial charge in [0.25, 0.3) is 0 Å². The lowest BCUT2D eigenvalue weighted by Gasteiger charge is -2.12. The molecule has 3 rings (SSSR count). The third kappa shape index (κ3) is 3.11. The standard InChI is InChI=1S/C18H17NO3S/c1-22-19-17(18(20)21)11-23-10-16-14-8-4-2-6-12(14)13-7-3-5-9-15(13)16/h2-9,11,16,19H,10H2,1H3,(H,20,21)/b17-11-. The quantitative estimate of drug-likeness (QED) is 0.627. The van der Waals surface area contributed by atoms with Gasteiger partial charge in [-0.2, -0.15) is 0 Å². The van der Waals surface area contributed by atoms with Crippen LogP contribution >= 0.6 is 11.8 Å². The molecule has 1 aliphatic carbocycles.